The Bertz CT molecular complexity index is 89.0. The third kappa shape index (κ3) is 5.25. The lowest BCUT2D eigenvalue weighted by Crippen LogP contribution is -2.38. The fourth-order valence-electron chi connectivity index (χ4n) is 0.613. The molecule has 0 radical (unpaired) electrons. The van der Waals surface area contributed by atoms with Gasteiger partial charge in [0, 0.05) is 12.7 Å². The Kier molecular flexibility index (Phi) is 5.37. The van der Waals surface area contributed by atoms with Gasteiger partial charge in [0.25, 0.3) is 0 Å². The summed E-state index contributed by atoms with van der Waals surface area (Å²) in [6.45, 7) is 2.11. The molecule has 62 valence electrons. The maximum Gasteiger partial charge on any atom is 0.495 e. The molecule has 10 heavy (non-hydrogen) atoms. The number of hydrogen-bond donors (Lipinski definition) is 3. The van der Waals surface area contributed by atoms with Crippen molar-refractivity contribution in [3.63, 3.8) is 0 Å². The highest BCUT2D eigenvalue weighted by Gasteiger charge is 2.30. The van der Waals surface area contributed by atoms with Crippen LogP contribution >= 0.6 is 12.6 Å². The minimum absolute atomic E-state index is 0.352. The molecule has 0 saturated heterocycles. The molecule has 0 atom stereocenters. The van der Waals surface area contributed by atoms with Crippen LogP contribution in [0.25, 0.3) is 0 Å². The van der Waals surface area contributed by atoms with Crippen LogP contribution in [0.5, 0.6) is 0 Å². The first-order valence-corrected chi connectivity index (χ1v) is 5.96. The molecular formula is C5H14O3SSi. The fourth-order valence-corrected chi connectivity index (χ4v) is 2.31. The zero-order valence-electron chi connectivity index (χ0n) is 6.08. The molecule has 0 aliphatic heterocycles. The van der Waals surface area contributed by atoms with Gasteiger partial charge in [-0.1, -0.05) is 0 Å². The summed E-state index contributed by atoms with van der Waals surface area (Å²) in [6, 6.07) is 0.352. The quantitative estimate of drug-likeness (QED) is 0.422. The molecular weight excluding hydrogens is 168 g/mol. The van der Waals surface area contributed by atoms with E-state index in [1.54, 1.807) is 6.92 Å². The van der Waals surface area contributed by atoms with Crippen molar-refractivity contribution in [3.05, 3.63) is 0 Å². The SMILES string of the molecule is CCO[Si](O)(O)CCCS. The van der Waals surface area contributed by atoms with Crippen molar-refractivity contribution in [1.29, 1.82) is 0 Å². The highest BCUT2D eigenvalue weighted by Crippen LogP contribution is 2.06. The zero-order chi connectivity index (χ0) is 8.04. The average Bonchev–Trinajstić information content (AvgIpc) is 1.84. The molecule has 0 rings (SSSR count). The molecule has 3 nitrogen and oxygen atoms in total. The third-order valence-electron chi connectivity index (χ3n) is 1.04. The lowest BCUT2D eigenvalue weighted by molar-refractivity contribution is 0.155. The van der Waals surface area contributed by atoms with E-state index in [1.165, 1.54) is 0 Å². The monoisotopic (exact) mass is 182 g/mol. The van der Waals surface area contributed by atoms with Crippen molar-refractivity contribution in [2.75, 3.05) is 12.4 Å². The van der Waals surface area contributed by atoms with Crippen molar-refractivity contribution >= 4 is 21.4 Å². The predicted molar refractivity (Wildman–Crippen MR) is 45.1 cm³/mol. The van der Waals surface area contributed by atoms with Gasteiger partial charge in [0.05, 0.1) is 0 Å². The zero-order valence-corrected chi connectivity index (χ0v) is 7.97. The summed E-state index contributed by atoms with van der Waals surface area (Å²) in [5.41, 5.74) is 0. The van der Waals surface area contributed by atoms with Crippen molar-refractivity contribution in [1.82, 2.24) is 0 Å². The Morgan fingerprint density at radius 1 is 1.50 bits per heavy atom. The molecule has 0 unspecified atom stereocenters. The summed E-state index contributed by atoms with van der Waals surface area (Å²) in [4.78, 5) is 18.2. The van der Waals surface area contributed by atoms with E-state index in [2.05, 4.69) is 12.6 Å². The predicted octanol–water partition coefficient (Wildman–Crippen LogP) is 0.266. The number of thiol groups is 1. The van der Waals surface area contributed by atoms with Gasteiger partial charge in [0.15, 0.2) is 0 Å². The van der Waals surface area contributed by atoms with E-state index in [0.717, 1.165) is 0 Å². The lowest BCUT2D eigenvalue weighted by Gasteiger charge is -2.15. The molecule has 0 bridgehead atoms. The number of rotatable bonds is 5. The highest BCUT2D eigenvalue weighted by atomic mass is 32.1. The van der Waals surface area contributed by atoms with E-state index >= 15 is 0 Å². The minimum atomic E-state index is -3.27. The van der Waals surface area contributed by atoms with Crippen LogP contribution in [0.2, 0.25) is 6.04 Å². The Balaban J connectivity index is 3.42. The standard InChI is InChI=1S/C5H14O3SSi/c1-2-8-10(6,7)5-3-4-9/h6-7,9H,2-5H2,1H3. The largest absolute Gasteiger partial charge is 0.495 e. The molecule has 0 spiro atoms. The summed E-state index contributed by atoms with van der Waals surface area (Å²) in [6.07, 6.45) is 0.697. The lowest BCUT2D eigenvalue weighted by atomic mass is 10.6. The van der Waals surface area contributed by atoms with Crippen LogP contribution in [0.1, 0.15) is 13.3 Å². The molecule has 0 aliphatic carbocycles. The van der Waals surface area contributed by atoms with Gasteiger partial charge in [-0.05, 0) is 19.1 Å². The molecule has 0 amide bonds. The molecule has 0 aromatic carbocycles. The molecule has 0 aliphatic rings. The van der Waals surface area contributed by atoms with Crippen molar-refractivity contribution in [2.45, 2.75) is 19.4 Å². The van der Waals surface area contributed by atoms with Gasteiger partial charge < -0.3 is 14.0 Å². The van der Waals surface area contributed by atoms with Gasteiger partial charge in [-0.2, -0.15) is 12.6 Å². The summed E-state index contributed by atoms with van der Waals surface area (Å²) in [5, 5.41) is 0. The van der Waals surface area contributed by atoms with E-state index < -0.39 is 8.80 Å². The molecule has 0 aromatic heterocycles. The smallest absolute Gasteiger partial charge is 0.390 e. The first kappa shape index (κ1) is 10.4. The summed E-state index contributed by atoms with van der Waals surface area (Å²) < 4.78 is 4.75. The second-order valence-corrected chi connectivity index (χ2v) is 4.73. The van der Waals surface area contributed by atoms with Crippen LogP contribution in [0, 0.1) is 0 Å². The highest BCUT2D eigenvalue weighted by molar-refractivity contribution is 7.80. The summed E-state index contributed by atoms with van der Waals surface area (Å²) >= 11 is 3.95. The van der Waals surface area contributed by atoms with Gasteiger partial charge in [0.1, 0.15) is 0 Å². The normalized spacial score (nSPS) is 12.0. The molecule has 0 aromatic rings. The van der Waals surface area contributed by atoms with Crippen LogP contribution in [0.15, 0.2) is 0 Å². The van der Waals surface area contributed by atoms with Crippen molar-refractivity contribution < 1.29 is 14.0 Å². The van der Waals surface area contributed by atoms with Crippen LogP contribution in [-0.2, 0) is 4.43 Å². The second kappa shape index (κ2) is 5.14. The van der Waals surface area contributed by atoms with Gasteiger partial charge in [-0.25, -0.2) is 0 Å². The van der Waals surface area contributed by atoms with E-state index in [1.807, 2.05) is 0 Å². The van der Waals surface area contributed by atoms with Crippen molar-refractivity contribution in [2.24, 2.45) is 0 Å². The van der Waals surface area contributed by atoms with Crippen LogP contribution in [0.3, 0.4) is 0 Å². The first-order valence-electron chi connectivity index (χ1n) is 3.32. The van der Waals surface area contributed by atoms with Gasteiger partial charge in [-0.15, -0.1) is 0 Å². The maximum atomic E-state index is 9.08. The minimum Gasteiger partial charge on any atom is -0.390 e. The van der Waals surface area contributed by atoms with E-state index in [9.17, 15) is 0 Å². The van der Waals surface area contributed by atoms with Gasteiger partial charge >= 0.3 is 8.80 Å². The average molecular weight is 182 g/mol. The van der Waals surface area contributed by atoms with Crippen LogP contribution in [-0.4, -0.2) is 30.8 Å². The Labute approximate surface area is 67.8 Å². The fraction of sp³-hybridized carbons (Fsp3) is 1.00. The number of hydrogen-bond acceptors (Lipinski definition) is 4. The first-order chi connectivity index (χ1) is 4.62. The topological polar surface area (TPSA) is 49.7 Å². The summed E-state index contributed by atoms with van der Waals surface area (Å²) in [5.74, 6) is 0.670. The van der Waals surface area contributed by atoms with Gasteiger partial charge in [-0.3, -0.25) is 0 Å². The Morgan fingerprint density at radius 2 is 2.10 bits per heavy atom. The Morgan fingerprint density at radius 3 is 2.50 bits per heavy atom. The van der Waals surface area contributed by atoms with Crippen LogP contribution in [0.4, 0.5) is 0 Å². The van der Waals surface area contributed by atoms with E-state index in [4.69, 9.17) is 14.0 Å². The van der Waals surface area contributed by atoms with E-state index in [0.29, 0.717) is 24.8 Å². The maximum absolute atomic E-state index is 9.08. The molecule has 5 heteroatoms. The summed E-state index contributed by atoms with van der Waals surface area (Å²) in [7, 11) is -3.27. The van der Waals surface area contributed by atoms with E-state index in [-0.39, 0.29) is 0 Å². The Hall–Kier alpha value is 0.447. The molecule has 0 saturated carbocycles. The second-order valence-electron chi connectivity index (χ2n) is 2.00. The molecule has 2 N–H and O–H groups in total. The third-order valence-corrected chi connectivity index (χ3v) is 3.11. The van der Waals surface area contributed by atoms with Crippen LogP contribution < -0.4 is 0 Å². The van der Waals surface area contributed by atoms with Crippen molar-refractivity contribution in [3.8, 4) is 0 Å². The molecule has 0 fully saturated rings. The molecule has 0 heterocycles. The van der Waals surface area contributed by atoms with Gasteiger partial charge in [0.2, 0.25) is 0 Å².